The summed E-state index contributed by atoms with van der Waals surface area (Å²) in [7, 11) is 0. The molecule has 0 aromatic carbocycles. The van der Waals surface area contributed by atoms with Crippen molar-refractivity contribution in [1.29, 1.82) is 0 Å². The van der Waals surface area contributed by atoms with E-state index in [1.165, 1.54) is 19.3 Å². The summed E-state index contributed by atoms with van der Waals surface area (Å²) in [6.07, 6.45) is -60.0. The summed E-state index contributed by atoms with van der Waals surface area (Å²) in [5, 5.41) is 235. The van der Waals surface area contributed by atoms with Crippen LogP contribution >= 0.6 is 0 Å². The smallest absolute Gasteiger partial charge is 0.309 e. The number of esters is 1. The van der Waals surface area contributed by atoms with E-state index in [1.807, 2.05) is 0 Å². The van der Waals surface area contributed by atoms with E-state index in [-0.39, 0.29) is 6.42 Å². The van der Waals surface area contributed by atoms with Gasteiger partial charge in [0.25, 0.3) is 0 Å². The van der Waals surface area contributed by atoms with Crippen molar-refractivity contribution in [3.05, 3.63) is 12.2 Å². The Kier molecular flexibility index (Phi) is 31.3. The number of aliphatic carboxylic acids is 1. The highest BCUT2D eigenvalue weighted by atomic mass is 16.8. The summed E-state index contributed by atoms with van der Waals surface area (Å²) in [6.45, 7) is -5.42. The van der Waals surface area contributed by atoms with E-state index in [9.17, 15) is 117 Å². The highest BCUT2D eigenvalue weighted by molar-refractivity contribution is 5.79. The molecule has 21 saturated heterocycles. The second-order valence-electron chi connectivity index (χ2n) is 25.7. The average molecular weight is 1430 g/mol. The van der Waals surface area contributed by atoms with Gasteiger partial charge in [0.1, 0.15) is 178 Å². The first kappa shape index (κ1) is 81.0. The molecule has 4 unspecified atom stereocenters. The summed E-state index contributed by atoms with van der Waals surface area (Å²) in [4.78, 5) is 26.0. The Labute approximate surface area is 561 Å². The summed E-state index contributed by atoms with van der Waals surface area (Å²) >= 11 is 0. The van der Waals surface area contributed by atoms with Crippen LogP contribution in [-0.4, -0.2) is 380 Å². The zero-order valence-electron chi connectivity index (χ0n) is 53.7. The van der Waals surface area contributed by atoms with Gasteiger partial charge < -0.3 is 178 Å². The number of carboxylic acid groups (broad SMARTS) is 1. The van der Waals surface area contributed by atoms with Crippen LogP contribution in [0.1, 0.15) is 84.0 Å². The molecule has 21 aliphatic rings. The molecule has 0 radical (unpaired) electrons. The van der Waals surface area contributed by atoms with Crippen LogP contribution in [0.3, 0.4) is 0 Å². The molecule has 21 rings (SSSR count). The van der Waals surface area contributed by atoms with Crippen LogP contribution in [-0.2, 0) is 80.6 Å². The van der Waals surface area contributed by atoms with E-state index in [1.54, 1.807) is 12.2 Å². The first-order valence-electron chi connectivity index (χ1n) is 33.2. The number of hydrogen-bond acceptors (Lipinski definition) is 37. The molecule has 0 aromatic heterocycles. The van der Waals surface area contributed by atoms with Gasteiger partial charge in [0.05, 0.1) is 52.0 Å². The van der Waals surface area contributed by atoms with Gasteiger partial charge in [-0.2, -0.15) is 0 Å². The third-order valence-electron chi connectivity index (χ3n) is 18.8. The molecule has 0 aliphatic carbocycles. The Hall–Kier alpha value is -2.68. The molecule has 38 nitrogen and oxygen atoms in total. The van der Waals surface area contributed by atoms with Crippen LogP contribution in [0.25, 0.3) is 0 Å². The highest BCUT2D eigenvalue weighted by Gasteiger charge is 2.60. The molecular weight excluding hydrogens is 1330 g/mol. The maximum atomic E-state index is 13.9. The Morgan fingerprint density at radius 3 is 0.806 bits per heavy atom. The fourth-order valence-corrected chi connectivity index (χ4v) is 13.1. The monoisotopic (exact) mass is 1430 g/mol. The highest BCUT2D eigenvalue weighted by Crippen LogP contribution is 2.39. The number of hydrogen-bond donors (Lipinski definition) is 21. The average Bonchev–Trinajstić information content (AvgIpc) is 0.781. The number of allylic oxidation sites excluding steroid dienone is 2. The van der Waals surface area contributed by atoms with E-state index >= 15 is 0 Å². The molecule has 0 aromatic rings. The second-order valence-corrected chi connectivity index (χ2v) is 25.7. The van der Waals surface area contributed by atoms with E-state index in [4.69, 9.17) is 71.1 Å². The van der Waals surface area contributed by atoms with Crippen molar-refractivity contribution in [2.24, 2.45) is 5.92 Å². The van der Waals surface area contributed by atoms with Crippen molar-refractivity contribution < 1.29 is 188 Å². The van der Waals surface area contributed by atoms with Crippen LogP contribution in [0.15, 0.2) is 12.2 Å². The first-order valence-corrected chi connectivity index (χ1v) is 33.2. The number of rotatable bonds is 23. The lowest BCUT2D eigenvalue weighted by atomic mass is 9.95. The first-order chi connectivity index (χ1) is 46.9. The Morgan fingerprint density at radius 1 is 0.327 bits per heavy atom. The number of aliphatic hydroxyl groups excluding tert-OH is 20. The minimum atomic E-state index is -2.35. The number of ether oxygens (including phenoxy) is 15. The molecule has 98 heavy (non-hydrogen) atoms. The Morgan fingerprint density at radius 2 is 0.561 bits per heavy atom. The van der Waals surface area contributed by atoms with Gasteiger partial charge in [-0.3, -0.25) is 9.59 Å². The molecule has 568 valence electrons. The van der Waals surface area contributed by atoms with Crippen molar-refractivity contribution in [1.82, 2.24) is 0 Å². The minimum absolute atomic E-state index is 0.117. The molecule has 38 heteroatoms. The van der Waals surface area contributed by atoms with Gasteiger partial charge in [0, 0.05) is 0 Å². The number of aliphatic hydroxyl groups is 20. The number of unbranched alkanes of at least 4 members (excludes halogenated alkanes) is 9. The molecule has 0 saturated carbocycles. The number of carbonyl (C=O) groups is 2. The van der Waals surface area contributed by atoms with Gasteiger partial charge in [0.15, 0.2) is 44.0 Å². The lowest BCUT2D eigenvalue weighted by Crippen LogP contribution is -2.68. The fraction of sp³-hybridized carbons (Fsp3) is 0.933. The summed E-state index contributed by atoms with van der Waals surface area (Å²) in [5.41, 5.74) is 0. The lowest BCUT2D eigenvalue weighted by molar-refractivity contribution is -0.396. The van der Waals surface area contributed by atoms with Crippen LogP contribution in [0, 0.1) is 5.92 Å². The third kappa shape index (κ3) is 19.1. The molecule has 21 N–H and O–H groups in total. The van der Waals surface area contributed by atoms with E-state index in [0.29, 0.717) is 6.42 Å². The quantitative estimate of drug-likeness (QED) is 0.0257. The van der Waals surface area contributed by atoms with Crippen LogP contribution < -0.4 is 0 Å². The summed E-state index contributed by atoms with van der Waals surface area (Å²) < 4.78 is 86.8. The molecule has 0 spiro atoms. The van der Waals surface area contributed by atoms with Gasteiger partial charge in [0.2, 0.25) is 0 Å². The van der Waals surface area contributed by atoms with E-state index < -0.39 is 285 Å². The van der Waals surface area contributed by atoms with Gasteiger partial charge in [-0.15, -0.1) is 0 Å². The molecule has 21 aliphatic heterocycles. The maximum Gasteiger partial charge on any atom is 0.309 e. The van der Waals surface area contributed by atoms with Crippen molar-refractivity contribution in [2.45, 2.75) is 299 Å². The molecule has 14 bridgehead atoms. The molecular formula is C60H100O38. The van der Waals surface area contributed by atoms with E-state index in [0.717, 1.165) is 38.5 Å². The van der Waals surface area contributed by atoms with Crippen LogP contribution in [0.2, 0.25) is 0 Å². The number of carbonyl (C=O) groups excluding carboxylic acids is 1. The number of carboxylic acids is 1. The standard InChI is InChI=1S/C60H100O38/c1-2-3-4-5-6-7-8-9-10-11-12-13-14-23(15-31(67)68)53(83)84-22-30-52-38(75)45(82)60(91-30)97-51-29(21-66)89-58(43(80)36(51)73)95-49-27(19-64)87-56(41(78)34(49)71)93-47-25(17-62)85-54(39(76)32(47)69)92-46-24(16-61)86-55(40(77)33(46)70)94-48-26(18-63)88-57(42(79)35(48)72)96-50-28(20-65)90-59(98-52)44(81)37(50)74/h12-13,23-30,32-52,54-66,69-82H,2-11,14-22H2,1H3,(H,67,68)/b13-12+/t23?,24-,25-,26-,27-,28-,29-,30-,32?,33-,34-,35-,36-,37-,38-,39?,40-,41-,42-,43-,44?,45-,46-,47-,48-,49-,50-,51-,52-,54-,55-,56-,57-,58-,59-,60-/m1/s1. The van der Waals surface area contributed by atoms with Crippen LogP contribution in [0.5, 0.6) is 0 Å². The van der Waals surface area contributed by atoms with E-state index in [2.05, 4.69) is 6.92 Å². The van der Waals surface area contributed by atoms with Crippen LogP contribution in [0.4, 0.5) is 0 Å². The minimum Gasteiger partial charge on any atom is -0.481 e. The molecule has 0 amide bonds. The van der Waals surface area contributed by atoms with Gasteiger partial charge in [-0.25, -0.2) is 0 Å². The van der Waals surface area contributed by atoms with Gasteiger partial charge in [-0.1, -0.05) is 70.4 Å². The normalized spacial score (nSPS) is 46.4. The lowest BCUT2D eigenvalue weighted by Gasteiger charge is -2.50. The SMILES string of the molecule is CCCCCCCCCCC/C=C/CC(CC(=O)O)C(=O)OC[C@H]1O[C@@H]2O[C@H]3[C@H](O)[C@@H](O)[C@@H](O[C@H]4[C@H](O)[C@@H](O)[C@H](O[C@@H]4CO)O[C@H]4C(O)C(O)[C@@H](O[C@H]5[C@H](O)[C@@H](O)[C@@H](O[C@H]6[C@H](O)[C@@H](O)[C@@H](O[C@H]7[C@H](O)C(O)[C@@H](O[C@H]1[C@H](O)[C@H]2O)O[C@@H]7CO)O[C@@H]6CO)O[C@@H]5CO)O[C@@H]4CO)O[C@@H]3CO. The second kappa shape index (κ2) is 37.8. The third-order valence-corrected chi connectivity index (χ3v) is 18.8. The zero-order valence-corrected chi connectivity index (χ0v) is 53.7. The zero-order chi connectivity index (χ0) is 71.4. The van der Waals surface area contributed by atoms with Gasteiger partial charge >= 0.3 is 11.9 Å². The predicted molar refractivity (Wildman–Crippen MR) is 314 cm³/mol. The van der Waals surface area contributed by atoms with Crippen molar-refractivity contribution in [3.63, 3.8) is 0 Å². The molecule has 21 heterocycles. The van der Waals surface area contributed by atoms with Gasteiger partial charge in [-0.05, 0) is 19.3 Å². The Balaban J connectivity index is 1.07. The summed E-state index contributed by atoms with van der Waals surface area (Å²) in [5.74, 6) is -3.82. The molecule has 36 atom stereocenters. The predicted octanol–water partition coefficient (Wildman–Crippen LogP) is -9.72. The Bertz CT molecular complexity index is 2390. The van der Waals surface area contributed by atoms with Crippen molar-refractivity contribution in [2.75, 3.05) is 46.2 Å². The van der Waals surface area contributed by atoms with Crippen molar-refractivity contribution in [3.8, 4) is 0 Å². The maximum absolute atomic E-state index is 13.9. The van der Waals surface area contributed by atoms with Crippen molar-refractivity contribution >= 4 is 11.9 Å². The topological polar surface area (TPSA) is 597 Å². The summed E-state index contributed by atoms with van der Waals surface area (Å²) in [6, 6.07) is 0. The largest absolute Gasteiger partial charge is 0.481 e. The fourth-order valence-electron chi connectivity index (χ4n) is 13.1. The molecule has 21 fully saturated rings.